The summed E-state index contributed by atoms with van der Waals surface area (Å²) in [5, 5.41) is 3.08. The van der Waals surface area contributed by atoms with E-state index in [1.165, 1.54) is 23.9 Å². The van der Waals surface area contributed by atoms with Crippen LogP contribution in [-0.2, 0) is 6.42 Å². The third kappa shape index (κ3) is 5.74. The maximum atomic E-state index is 13.0. The second-order valence-corrected chi connectivity index (χ2v) is 7.32. The van der Waals surface area contributed by atoms with Crippen molar-refractivity contribution in [2.24, 2.45) is 0 Å². The lowest BCUT2D eigenvalue weighted by Crippen LogP contribution is -2.17. The summed E-state index contributed by atoms with van der Waals surface area (Å²) in [6.45, 7) is 0. The molecular formula is C21H17ClFNO2S. The van der Waals surface area contributed by atoms with Gasteiger partial charge in [-0.25, -0.2) is 9.18 Å². The van der Waals surface area contributed by atoms with Crippen LogP contribution >= 0.6 is 23.4 Å². The normalized spacial score (nSPS) is 10.4. The molecule has 0 aliphatic rings. The summed E-state index contributed by atoms with van der Waals surface area (Å²) in [6.07, 6.45) is 0.123. The first kappa shape index (κ1) is 19.3. The van der Waals surface area contributed by atoms with Crippen molar-refractivity contribution < 1.29 is 13.9 Å². The lowest BCUT2D eigenvalue weighted by atomic mass is 10.0. The number of ether oxygens (including phenoxy) is 1. The molecule has 0 unspecified atom stereocenters. The highest BCUT2D eigenvalue weighted by Crippen LogP contribution is 2.29. The highest BCUT2D eigenvalue weighted by Gasteiger charge is 2.09. The molecule has 0 aromatic heterocycles. The molecule has 0 spiro atoms. The minimum Gasteiger partial charge on any atom is -0.409 e. The van der Waals surface area contributed by atoms with Crippen molar-refractivity contribution in [3.05, 3.63) is 89.7 Å². The van der Waals surface area contributed by atoms with Gasteiger partial charge >= 0.3 is 6.09 Å². The maximum absolute atomic E-state index is 13.0. The van der Waals surface area contributed by atoms with Crippen molar-refractivity contribution in [2.75, 3.05) is 10.5 Å². The van der Waals surface area contributed by atoms with E-state index >= 15 is 0 Å². The minimum atomic E-state index is -0.566. The lowest BCUT2D eigenvalue weighted by molar-refractivity contribution is 0.214. The first-order chi connectivity index (χ1) is 13.1. The van der Waals surface area contributed by atoms with E-state index in [-0.39, 0.29) is 5.82 Å². The Balaban J connectivity index is 1.59. The number of alkyl halides is 1. The van der Waals surface area contributed by atoms with E-state index in [1.807, 2.05) is 24.3 Å². The molecule has 0 atom stereocenters. The third-order valence-electron chi connectivity index (χ3n) is 3.78. The highest BCUT2D eigenvalue weighted by molar-refractivity contribution is 8.00. The Bertz CT molecular complexity index is 901. The van der Waals surface area contributed by atoms with Gasteiger partial charge in [0.15, 0.2) is 0 Å². The van der Waals surface area contributed by atoms with Crippen LogP contribution in [0.3, 0.4) is 0 Å². The van der Waals surface area contributed by atoms with E-state index in [9.17, 15) is 9.18 Å². The molecule has 0 radical (unpaired) electrons. The molecule has 3 nitrogen and oxygen atoms in total. The van der Waals surface area contributed by atoms with E-state index in [0.717, 1.165) is 16.0 Å². The van der Waals surface area contributed by atoms with Crippen LogP contribution in [0.5, 0.6) is 5.75 Å². The number of nitrogens with one attached hydrogen (secondary N) is 1. The number of benzene rings is 3. The van der Waals surface area contributed by atoms with Crippen LogP contribution in [0.4, 0.5) is 14.9 Å². The number of hydrogen-bond donors (Lipinski definition) is 1. The van der Waals surface area contributed by atoms with Crippen LogP contribution in [0, 0.1) is 5.82 Å². The number of hydrogen-bond acceptors (Lipinski definition) is 3. The Hall–Kier alpha value is -2.50. The second kappa shape index (κ2) is 9.44. The van der Waals surface area contributed by atoms with Crippen molar-refractivity contribution in [3.8, 4) is 5.75 Å². The van der Waals surface area contributed by atoms with Gasteiger partial charge in [0.25, 0.3) is 0 Å². The fourth-order valence-corrected chi connectivity index (χ4v) is 3.40. The van der Waals surface area contributed by atoms with Crippen molar-refractivity contribution in [3.63, 3.8) is 0 Å². The Labute approximate surface area is 166 Å². The van der Waals surface area contributed by atoms with Gasteiger partial charge in [0.1, 0.15) is 11.6 Å². The number of halogens is 2. The predicted molar refractivity (Wildman–Crippen MR) is 108 cm³/mol. The van der Waals surface area contributed by atoms with Crippen LogP contribution in [0.2, 0.25) is 0 Å². The molecule has 0 bridgehead atoms. The number of carbonyl (C=O) groups excluding carboxylic acids is 1. The minimum absolute atomic E-state index is 0.247. The smallest absolute Gasteiger partial charge is 0.409 e. The molecule has 138 valence electrons. The van der Waals surface area contributed by atoms with Crippen LogP contribution in [0.1, 0.15) is 11.1 Å². The zero-order chi connectivity index (χ0) is 19.1. The second-order valence-electron chi connectivity index (χ2n) is 5.71. The first-order valence-electron chi connectivity index (χ1n) is 8.24. The number of anilines is 1. The van der Waals surface area contributed by atoms with Crippen LogP contribution in [-0.4, -0.2) is 11.3 Å². The summed E-state index contributed by atoms with van der Waals surface area (Å²) in [5.74, 6) is 0.219. The van der Waals surface area contributed by atoms with Crippen LogP contribution < -0.4 is 10.1 Å². The SMILES string of the molecule is O=C(Nc1ccc(Cc2ccc(F)cc2)cc1)Oc1ccccc1SCCl. The Morgan fingerprint density at radius 2 is 1.59 bits per heavy atom. The summed E-state index contributed by atoms with van der Waals surface area (Å²) in [7, 11) is 0. The number of carbonyl (C=O) groups is 1. The Morgan fingerprint density at radius 3 is 2.26 bits per heavy atom. The van der Waals surface area contributed by atoms with Gasteiger partial charge in [0.2, 0.25) is 0 Å². The summed E-state index contributed by atoms with van der Waals surface area (Å²) in [4.78, 5) is 12.9. The van der Waals surface area contributed by atoms with E-state index in [4.69, 9.17) is 16.3 Å². The van der Waals surface area contributed by atoms with Gasteiger partial charge in [-0.3, -0.25) is 5.32 Å². The van der Waals surface area contributed by atoms with Gasteiger partial charge in [0, 0.05) is 5.69 Å². The van der Waals surface area contributed by atoms with E-state index < -0.39 is 6.09 Å². The number of thioether (sulfide) groups is 1. The largest absolute Gasteiger partial charge is 0.417 e. The van der Waals surface area contributed by atoms with Crippen molar-refractivity contribution in [1.82, 2.24) is 0 Å². The van der Waals surface area contributed by atoms with Crippen LogP contribution in [0.15, 0.2) is 77.7 Å². The molecule has 0 fully saturated rings. The summed E-state index contributed by atoms with van der Waals surface area (Å²) < 4.78 is 18.3. The van der Waals surface area contributed by atoms with Gasteiger partial charge in [-0.05, 0) is 53.9 Å². The van der Waals surface area contributed by atoms with Crippen molar-refractivity contribution in [1.29, 1.82) is 0 Å². The average Bonchev–Trinajstić information content (AvgIpc) is 2.67. The monoisotopic (exact) mass is 401 g/mol. The van der Waals surface area contributed by atoms with E-state index in [2.05, 4.69) is 5.32 Å². The van der Waals surface area contributed by atoms with Crippen molar-refractivity contribution >= 4 is 35.1 Å². The molecule has 3 aromatic rings. The average molecular weight is 402 g/mol. The molecule has 0 aliphatic carbocycles. The van der Waals surface area contributed by atoms with E-state index in [1.54, 1.807) is 36.4 Å². The topological polar surface area (TPSA) is 38.3 Å². The fraction of sp³-hybridized carbons (Fsp3) is 0.0952. The first-order valence-corrected chi connectivity index (χ1v) is 9.76. The summed E-state index contributed by atoms with van der Waals surface area (Å²) in [6, 6.07) is 21.1. The quantitative estimate of drug-likeness (QED) is 0.388. The number of para-hydroxylation sites is 1. The predicted octanol–water partition coefficient (Wildman–Crippen LogP) is 6.32. The lowest BCUT2D eigenvalue weighted by Gasteiger charge is -2.10. The molecule has 0 saturated heterocycles. The zero-order valence-electron chi connectivity index (χ0n) is 14.3. The maximum Gasteiger partial charge on any atom is 0.417 e. The molecule has 1 amide bonds. The number of rotatable bonds is 6. The fourth-order valence-electron chi connectivity index (χ4n) is 2.50. The number of amides is 1. The van der Waals surface area contributed by atoms with Gasteiger partial charge in [-0.15, -0.1) is 23.4 Å². The molecule has 0 aliphatic heterocycles. The molecule has 6 heteroatoms. The molecular weight excluding hydrogens is 385 g/mol. The molecule has 3 rings (SSSR count). The van der Waals surface area contributed by atoms with Gasteiger partial charge < -0.3 is 4.74 Å². The Morgan fingerprint density at radius 1 is 0.963 bits per heavy atom. The van der Waals surface area contributed by atoms with Gasteiger partial charge in [-0.1, -0.05) is 36.4 Å². The zero-order valence-corrected chi connectivity index (χ0v) is 15.9. The van der Waals surface area contributed by atoms with Crippen molar-refractivity contribution in [2.45, 2.75) is 11.3 Å². The Kier molecular flexibility index (Phi) is 6.74. The molecule has 0 heterocycles. The highest BCUT2D eigenvalue weighted by atomic mass is 35.5. The molecule has 27 heavy (non-hydrogen) atoms. The third-order valence-corrected chi connectivity index (χ3v) is 4.87. The van der Waals surface area contributed by atoms with Gasteiger partial charge in [0.05, 0.1) is 10.1 Å². The van der Waals surface area contributed by atoms with Crippen LogP contribution in [0.25, 0.3) is 0 Å². The molecule has 0 saturated carbocycles. The summed E-state index contributed by atoms with van der Waals surface area (Å²) >= 11 is 7.13. The standard InChI is InChI=1S/C21H17ClFNO2S/c22-14-27-20-4-2-1-3-19(20)26-21(25)24-18-11-7-16(8-12-18)13-15-5-9-17(23)10-6-15/h1-12H,13-14H2,(H,24,25). The van der Waals surface area contributed by atoms with Gasteiger partial charge in [-0.2, -0.15) is 0 Å². The molecule has 3 aromatic carbocycles. The van der Waals surface area contributed by atoms with E-state index in [0.29, 0.717) is 23.1 Å². The summed E-state index contributed by atoms with van der Waals surface area (Å²) in [5.41, 5.74) is 2.71. The molecule has 1 N–H and O–H groups in total.